The maximum atomic E-state index is 13.6. The summed E-state index contributed by atoms with van der Waals surface area (Å²) in [6.07, 6.45) is 2.76. The molecule has 1 aromatic heterocycles. The lowest BCUT2D eigenvalue weighted by Gasteiger charge is -2.08. The molecule has 0 amide bonds. The van der Waals surface area contributed by atoms with Gasteiger partial charge in [-0.1, -0.05) is 13.0 Å². The zero-order chi connectivity index (χ0) is 14.4. The van der Waals surface area contributed by atoms with E-state index < -0.39 is 0 Å². The SMILES string of the molecule is CCCNCc1ccnc(Oc2cc(C)ccc2F)c1. The van der Waals surface area contributed by atoms with Crippen LogP contribution in [0, 0.1) is 12.7 Å². The maximum Gasteiger partial charge on any atom is 0.219 e. The molecule has 0 saturated carbocycles. The van der Waals surface area contributed by atoms with E-state index in [1.54, 1.807) is 18.3 Å². The molecule has 0 radical (unpaired) electrons. The van der Waals surface area contributed by atoms with Crippen molar-refractivity contribution in [3.63, 3.8) is 0 Å². The molecule has 1 N–H and O–H groups in total. The second-order valence-corrected chi connectivity index (χ2v) is 4.72. The van der Waals surface area contributed by atoms with Gasteiger partial charge in [0.25, 0.3) is 0 Å². The van der Waals surface area contributed by atoms with Crippen LogP contribution in [0.2, 0.25) is 0 Å². The Balaban J connectivity index is 2.09. The summed E-state index contributed by atoms with van der Waals surface area (Å²) in [7, 11) is 0. The summed E-state index contributed by atoms with van der Waals surface area (Å²) in [5.41, 5.74) is 2.01. The largest absolute Gasteiger partial charge is 0.436 e. The Morgan fingerprint density at radius 3 is 2.90 bits per heavy atom. The molecule has 106 valence electrons. The van der Waals surface area contributed by atoms with Crippen molar-refractivity contribution in [2.75, 3.05) is 6.54 Å². The fourth-order valence-corrected chi connectivity index (χ4v) is 1.83. The van der Waals surface area contributed by atoms with Gasteiger partial charge in [0.2, 0.25) is 5.88 Å². The fourth-order valence-electron chi connectivity index (χ4n) is 1.83. The molecule has 0 aliphatic rings. The van der Waals surface area contributed by atoms with Crippen LogP contribution in [-0.2, 0) is 6.54 Å². The van der Waals surface area contributed by atoms with E-state index in [9.17, 15) is 4.39 Å². The number of rotatable bonds is 6. The van der Waals surface area contributed by atoms with E-state index in [1.807, 2.05) is 19.1 Å². The van der Waals surface area contributed by atoms with Crippen LogP contribution in [0.5, 0.6) is 11.6 Å². The lowest BCUT2D eigenvalue weighted by atomic mass is 10.2. The standard InChI is InChI=1S/C16H19FN2O/c1-3-7-18-11-13-6-8-19-16(10-13)20-15-9-12(2)4-5-14(15)17/h4-6,8-10,18H,3,7,11H2,1-2H3. The first-order valence-electron chi connectivity index (χ1n) is 6.78. The van der Waals surface area contributed by atoms with Gasteiger partial charge in [0.05, 0.1) is 0 Å². The summed E-state index contributed by atoms with van der Waals surface area (Å²) in [5, 5.41) is 3.31. The van der Waals surface area contributed by atoms with Crippen LogP contribution < -0.4 is 10.1 Å². The first-order valence-corrected chi connectivity index (χ1v) is 6.78. The van der Waals surface area contributed by atoms with Crippen molar-refractivity contribution in [2.24, 2.45) is 0 Å². The summed E-state index contributed by atoms with van der Waals surface area (Å²) in [6, 6.07) is 8.52. The molecule has 3 nitrogen and oxygen atoms in total. The Bertz CT molecular complexity index is 572. The van der Waals surface area contributed by atoms with Gasteiger partial charge in [-0.25, -0.2) is 9.37 Å². The van der Waals surface area contributed by atoms with Gasteiger partial charge in [0, 0.05) is 18.8 Å². The van der Waals surface area contributed by atoms with Gasteiger partial charge in [-0.05, 0) is 49.2 Å². The lowest BCUT2D eigenvalue weighted by molar-refractivity contribution is 0.426. The van der Waals surface area contributed by atoms with Crippen molar-refractivity contribution in [1.29, 1.82) is 0 Å². The van der Waals surface area contributed by atoms with Gasteiger partial charge >= 0.3 is 0 Å². The van der Waals surface area contributed by atoms with Crippen LogP contribution in [0.15, 0.2) is 36.5 Å². The predicted octanol–water partition coefficient (Wildman–Crippen LogP) is 3.82. The Morgan fingerprint density at radius 1 is 1.25 bits per heavy atom. The van der Waals surface area contributed by atoms with Crippen molar-refractivity contribution in [2.45, 2.75) is 26.8 Å². The lowest BCUT2D eigenvalue weighted by Crippen LogP contribution is -2.13. The third-order valence-corrected chi connectivity index (χ3v) is 2.86. The zero-order valence-electron chi connectivity index (χ0n) is 11.8. The number of nitrogens with zero attached hydrogens (tertiary/aromatic N) is 1. The molecule has 2 rings (SSSR count). The van der Waals surface area contributed by atoms with Crippen molar-refractivity contribution in [3.8, 4) is 11.6 Å². The number of nitrogens with one attached hydrogen (secondary N) is 1. The summed E-state index contributed by atoms with van der Waals surface area (Å²) in [5.74, 6) is 0.230. The zero-order valence-corrected chi connectivity index (χ0v) is 11.8. The summed E-state index contributed by atoms with van der Waals surface area (Å²) < 4.78 is 19.2. The normalized spacial score (nSPS) is 10.6. The number of aromatic nitrogens is 1. The van der Waals surface area contributed by atoms with Crippen LogP contribution in [0.3, 0.4) is 0 Å². The van der Waals surface area contributed by atoms with E-state index >= 15 is 0 Å². The highest BCUT2D eigenvalue weighted by molar-refractivity contribution is 5.33. The van der Waals surface area contributed by atoms with E-state index in [1.165, 1.54) is 6.07 Å². The molecule has 0 aliphatic carbocycles. The van der Waals surface area contributed by atoms with Gasteiger partial charge in [0.15, 0.2) is 11.6 Å². The number of aryl methyl sites for hydroxylation is 1. The highest BCUT2D eigenvalue weighted by atomic mass is 19.1. The van der Waals surface area contributed by atoms with Gasteiger partial charge in [-0.15, -0.1) is 0 Å². The summed E-state index contributed by atoms with van der Waals surface area (Å²) in [6.45, 7) is 5.73. The molecule has 0 atom stereocenters. The van der Waals surface area contributed by atoms with Gasteiger partial charge in [-0.3, -0.25) is 0 Å². The predicted molar refractivity (Wildman–Crippen MR) is 77.4 cm³/mol. The van der Waals surface area contributed by atoms with E-state index in [4.69, 9.17) is 4.74 Å². The number of hydrogen-bond acceptors (Lipinski definition) is 3. The molecule has 0 unspecified atom stereocenters. The molecule has 4 heteroatoms. The van der Waals surface area contributed by atoms with E-state index in [2.05, 4.69) is 17.2 Å². The highest BCUT2D eigenvalue weighted by Crippen LogP contribution is 2.24. The van der Waals surface area contributed by atoms with Crippen LogP contribution >= 0.6 is 0 Å². The van der Waals surface area contributed by atoms with E-state index in [0.717, 1.165) is 30.6 Å². The topological polar surface area (TPSA) is 34.2 Å². The van der Waals surface area contributed by atoms with E-state index in [0.29, 0.717) is 5.88 Å². The molecule has 0 fully saturated rings. The minimum Gasteiger partial charge on any atom is -0.436 e. The minimum atomic E-state index is -0.382. The molecule has 0 spiro atoms. The van der Waals surface area contributed by atoms with Crippen LogP contribution in [0.4, 0.5) is 4.39 Å². The molecule has 1 heterocycles. The van der Waals surface area contributed by atoms with Gasteiger partial charge in [0.1, 0.15) is 0 Å². The molecule has 0 aliphatic heterocycles. The average molecular weight is 274 g/mol. The summed E-state index contributed by atoms with van der Waals surface area (Å²) in [4.78, 5) is 4.12. The molecular weight excluding hydrogens is 255 g/mol. The minimum absolute atomic E-state index is 0.205. The second kappa shape index (κ2) is 7.01. The quantitative estimate of drug-likeness (QED) is 0.813. The van der Waals surface area contributed by atoms with E-state index in [-0.39, 0.29) is 11.6 Å². The van der Waals surface area contributed by atoms with Gasteiger partial charge in [-0.2, -0.15) is 0 Å². The van der Waals surface area contributed by atoms with Crippen molar-refractivity contribution >= 4 is 0 Å². The maximum absolute atomic E-state index is 13.6. The second-order valence-electron chi connectivity index (χ2n) is 4.72. The Labute approximate surface area is 118 Å². The Hall–Kier alpha value is -1.94. The first-order chi connectivity index (χ1) is 9.69. The number of halogens is 1. The molecular formula is C16H19FN2O. The van der Waals surface area contributed by atoms with Crippen molar-refractivity contribution in [1.82, 2.24) is 10.3 Å². The number of hydrogen-bond donors (Lipinski definition) is 1. The van der Waals surface area contributed by atoms with Crippen LogP contribution in [-0.4, -0.2) is 11.5 Å². The molecule has 2 aromatic rings. The molecule has 0 saturated heterocycles. The molecule has 1 aromatic carbocycles. The van der Waals surface area contributed by atoms with Crippen LogP contribution in [0.25, 0.3) is 0 Å². The molecule has 20 heavy (non-hydrogen) atoms. The highest BCUT2D eigenvalue weighted by Gasteiger charge is 2.06. The summed E-state index contributed by atoms with van der Waals surface area (Å²) >= 11 is 0. The first kappa shape index (κ1) is 14.5. The fraction of sp³-hybridized carbons (Fsp3) is 0.312. The Kier molecular flexibility index (Phi) is 5.07. The smallest absolute Gasteiger partial charge is 0.219 e. The molecule has 0 bridgehead atoms. The number of ether oxygens (including phenoxy) is 1. The average Bonchev–Trinajstić information content (AvgIpc) is 2.44. The Morgan fingerprint density at radius 2 is 2.10 bits per heavy atom. The number of benzene rings is 1. The van der Waals surface area contributed by atoms with Crippen molar-refractivity contribution < 1.29 is 9.13 Å². The van der Waals surface area contributed by atoms with Crippen LogP contribution in [0.1, 0.15) is 24.5 Å². The third-order valence-electron chi connectivity index (χ3n) is 2.86. The van der Waals surface area contributed by atoms with Crippen molar-refractivity contribution in [3.05, 3.63) is 53.5 Å². The number of pyridine rings is 1. The third kappa shape index (κ3) is 4.03. The monoisotopic (exact) mass is 274 g/mol. The van der Waals surface area contributed by atoms with Gasteiger partial charge < -0.3 is 10.1 Å².